The van der Waals surface area contributed by atoms with Crippen molar-refractivity contribution in [3.63, 3.8) is 0 Å². The summed E-state index contributed by atoms with van der Waals surface area (Å²) in [6, 6.07) is 14.3. The molecule has 7 nitrogen and oxygen atoms in total. The first-order chi connectivity index (χ1) is 17.4. The molecule has 0 amide bonds. The van der Waals surface area contributed by atoms with Crippen LogP contribution < -0.4 is 5.32 Å². The summed E-state index contributed by atoms with van der Waals surface area (Å²) >= 11 is 1.36. The summed E-state index contributed by atoms with van der Waals surface area (Å²) in [6.07, 6.45) is 4.48. The molecular formula is C26H21F2N7S. The number of rotatable bonds is 7. The molecule has 5 rings (SSSR count). The summed E-state index contributed by atoms with van der Waals surface area (Å²) in [5.74, 6) is -0.630. The minimum Gasteiger partial charge on any atom is -0.352 e. The van der Waals surface area contributed by atoms with E-state index in [4.69, 9.17) is 0 Å². The minimum atomic E-state index is -0.823. The quantitative estimate of drug-likeness (QED) is 0.303. The van der Waals surface area contributed by atoms with E-state index in [1.807, 2.05) is 24.3 Å². The molecule has 1 N–H and O–H groups in total. The number of benzene rings is 2. The molecule has 0 saturated carbocycles. The summed E-state index contributed by atoms with van der Waals surface area (Å²) in [5, 5.41) is 21.3. The molecule has 0 aliphatic rings. The first kappa shape index (κ1) is 23.5. The standard InChI is InChI=1S/C26H21F2N7S/c1-26(2,15-29)20-7-6-17(27)13-19(20)18-5-3-4-16-12-22(36-24(16)18)23-21(28)14-31-25(33-23)30-8-10-35-11-9-32-34-35/h3-7,9,11-14H,8,10H2,1-2H3,(H,30,31,33). The van der Waals surface area contributed by atoms with Gasteiger partial charge in [-0.25, -0.2) is 18.7 Å². The molecule has 0 unspecified atom stereocenters. The average molecular weight is 502 g/mol. The second kappa shape index (κ2) is 9.43. The van der Waals surface area contributed by atoms with Gasteiger partial charge in [0.15, 0.2) is 5.82 Å². The summed E-state index contributed by atoms with van der Waals surface area (Å²) in [7, 11) is 0. The molecule has 0 radical (unpaired) electrons. The van der Waals surface area contributed by atoms with Crippen molar-refractivity contribution in [2.45, 2.75) is 25.8 Å². The zero-order chi connectivity index (χ0) is 25.3. The van der Waals surface area contributed by atoms with E-state index in [9.17, 15) is 14.0 Å². The second-order valence-corrected chi connectivity index (χ2v) is 9.80. The van der Waals surface area contributed by atoms with Gasteiger partial charge < -0.3 is 5.32 Å². The van der Waals surface area contributed by atoms with Crippen LogP contribution in [0.4, 0.5) is 14.7 Å². The van der Waals surface area contributed by atoms with Crippen LogP contribution in [0.5, 0.6) is 0 Å². The van der Waals surface area contributed by atoms with E-state index >= 15 is 0 Å². The van der Waals surface area contributed by atoms with Crippen molar-refractivity contribution >= 4 is 27.4 Å². The largest absolute Gasteiger partial charge is 0.352 e. The molecule has 0 spiro atoms. The molecule has 3 aromatic heterocycles. The van der Waals surface area contributed by atoms with Crippen molar-refractivity contribution in [3.8, 4) is 27.8 Å². The van der Waals surface area contributed by atoms with Crippen LogP contribution in [0.15, 0.2) is 61.1 Å². The van der Waals surface area contributed by atoms with Crippen LogP contribution in [-0.2, 0) is 12.0 Å². The van der Waals surface area contributed by atoms with Crippen LogP contribution in [0, 0.1) is 23.0 Å². The van der Waals surface area contributed by atoms with Gasteiger partial charge in [0.2, 0.25) is 5.95 Å². The SMILES string of the molecule is CC(C)(C#N)c1ccc(F)cc1-c1cccc2cc(-c3nc(NCCn4ccnn4)ncc3F)sc12. The Morgan fingerprint density at radius 2 is 2.00 bits per heavy atom. The van der Waals surface area contributed by atoms with Crippen molar-refractivity contribution in [2.24, 2.45) is 0 Å². The number of thiophene rings is 1. The number of aromatic nitrogens is 5. The average Bonchev–Trinajstić information content (AvgIpc) is 3.54. The van der Waals surface area contributed by atoms with Gasteiger partial charge in [0.1, 0.15) is 11.5 Å². The van der Waals surface area contributed by atoms with Gasteiger partial charge in [-0.2, -0.15) is 5.26 Å². The summed E-state index contributed by atoms with van der Waals surface area (Å²) in [4.78, 5) is 9.08. The maximum absolute atomic E-state index is 14.8. The lowest BCUT2D eigenvalue weighted by atomic mass is 9.81. The third-order valence-corrected chi connectivity index (χ3v) is 7.03. The van der Waals surface area contributed by atoms with Gasteiger partial charge >= 0.3 is 0 Å². The molecule has 0 aliphatic heterocycles. The van der Waals surface area contributed by atoms with Crippen LogP contribution in [-0.4, -0.2) is 31.5 Å². The summed E-state index contributed by atoms with van der Waals surface area (Å²) in [5.41, 5.74) is 1.50. The van der Waals surface area contributed by atoms with Crippen molar-refractivity contribution in [1.29, 1.82) is 5.26 Å². The number of nitrogens with zero attached hydrogens (tertiary/aromatic N) is 6. The fraction of sp³-hybridized carbons (Fsp3) is 0.192. The Hall–Kier alpha value is -4.23. The lowest BCUT2D eigenvalue weighted by Gasteiger charge is -2.20. The fourth-order valence-corrected chi connectivity index (χ4v) is 5.17. The highest BCUT2D eigenvalue weighted by molar-refractivity contribution is 7.22. The Morgan fingerprint density at radius 3 is 2.78 bits per heavy atom. The third kappa shape index (κ3) is 4.53. The molecule has 0 atom stereocenters. The monoisotopic (exact) mass is 501 g/mol. The number of halogens is 2. The smallest absolute Gasteiger partial charge is 0.223 e. The predicted molar refractivity (Wildman–Crippen MR) is 135 cm³/mol. The lowest BCUT2D eigenvalue weighted by molar-refractivity contribution is 0.604. The molecule has 0 saturated heterocycles. The lowest BCUT2D eigenvalue weighted by Crippen LogP contribution is -2.15. The Labute approximate surface area is 210 Å². The maximum atomic E-state index is 14.8. The number of hydrogen-bond acceptors (Lipinski definition) is 7. The Balaban J connectivity index is 1.54. The van der Waals surface area contributed by atoms with Crippen molar-refractivity contribution < 1.29 is 8.78 Å². The Bertz CT molecular complexity index is 1590. The molecule has 3 heterocycles. The fourth-order valence-electron chi connectivity index (χ4n) is 4.00. The first-order valence-electron chi connectivity index (χ1n) is 11.2. The number of nitrogens with one attached hydrogen (secondary N) is 1. The van der Waals surface area contributed by atoms with Gasteiger partial charge in [-0.1, -0.05) is 29.5 Å². The molecule has 5 aromatic rings. The minimum absolute atomic E-state index is 0.178. The van der Waals surface area contributed by atoms with Gasteiger partial charge in [-0.15, -0.1) is 16.4 Å². The van der Waals surface area contributed by atoms with Gasteiger partial charge in [0, 0.05) is 17.4 Å². The Kier molecular flexibility index (Phi) is 6.16. The molecule has 0 fully saturated rings. The summed E-state index contributed by atoms with van der Waals surface area (Å²) < 4.78 is 31.7. The van der Waals surface area contributed by atoms with Gasteiger partial charge in [0.25, 0.3) is 0 Å². The van der Waals surface area contributed by atoms with E-state index in [-0.39, 0.29) is 11.5 Å². The molecular weight excluding hydrogens is 480 g/mol. The summed E-state index contributed by atoms with van der Waals surface area (Å²) in [6.45, 7) is 4.65. The molecule has 0 bridgehead atoms. The molecule has 2 aromatic carbocycles. The first-order valence-corrected chi connectivity index (χ1v) is 12.0. The topological polar surface area (TPSA) is 92.3 Å². The number of hydrogen-bond donors (Lipinski definition) is 1. The van der Waals surface area contributed by atoms with E-state index < -0.39 is 11.2 Å². The maximum Gasteiger partial charge on any atom is 0.223 e. The zero-order valence-electron chi connectivity index (χ0n) is 19.5. The van der Waals surface area contributed by atoms with E-state index in [1.165, 1.54) is 23.5 Å². The number of fused-ring (bicyclic) bond motifs is 1. The molecule has 10 heteroatoms. The van der Waals surface area contributed by atoms with Gasteiger partial charge in [0.05, 0.1) is 35.3 Å². The molecule has 180 valence electrons. The van der Waals surface area contributed by atoms with E-state index in [1.54, 1.807) is 37.0 Å². The highest BCUT2D eigenvalue weighted by Gasteiger charge is 2.25. The van der Waals surface area contributed by atoms with Crippen LogP contribution in [0.2, 0.25) is 0 Å². The van der Waals surface area contributed by atoms with Crippen molar-refractivity contribution in [1.82, 2.24) is 25.0 Å². The van der Waals surface area contributed by atoms with Gasteiger partial charge in [-0.3, -0.25) is 4.68 Å². The van der Waals surface area contributed by atoms with E-state index in [0.29, 0.717) is 29.5 Å². The van der Waals surface area contributed by atoms with Crippen molar-refractivity contribution in [3.05, 3.63) is 78.3 Å². The molecule has 0 aliphatic carbocycles. The van der Waals surface area contributed by atoms with Crippen molar-refractivity contribution in [2.75, 3.05) is 11.9 Å². The zero-order valence-corrected chi connectivity index (χ0v) is 20.4. The van der Waals surface area contributed by atoms with Crippen LogP contribution in [0.1, 0.15) is 19.4 Å². The number of nitriles is 1. The van der Waals surface area contributed by atoms with Crippen LogP contribution in [0.25, 0.3) is 31.8 Å². The highest BCUT2D eigenvalue weighted by atomic mass is 32.1. The third-order valence-electron chi connectivity index (χ3n) is 5.84. The molecule has 36 heavy (non-hydrogen) atoms. The normalized spacial score (nSPS) is 11.5. The van der Waals surface area contributed by atoms with Gasteiger partial charge in [-0.05, 0) is 54.1 Å². The second-order valence-electron chi connectivity index (χ2n) is 8.74. The van der Waals surface area contributed by atoms with Crippen LogP contribution >= 0.6 is 11.3 Å². The van der Waals surface area contributed by atoms with E-state index in [0.717, 1.165) is 27.4 Å². The number of anilines is 1. The predicted octanol–water partition coefficient (Wildman–Crippen LogP) is 5.81. The Morgan fingerprint density at radius 1 is 1.14 bits per heavy atom. The highest BCUT2D eigenvalue weighted by Crippen LogP contribution is 2.42. The van der Waals surface area contributed by atoms with E-state index in [2.05, 4.69) is 31.7 Å². The van der Waals surface area contributed by atoms with Crippen LogP contribution in [0.3, 0.4) is 0 Å².